The maximum Gasteiger partial charge on any atom is 0.0593 e. The molecule has 1 fully saturated rings. The highest BCUT2D eigenvalue weighted by atomic mass is 16.5. The summed E-state index contributed by atoms with van der Waals surface area (Å²) in [7, 11) is 0. The van der Waals surface area contributed by atoms with Gasteiger partial charge in [-0.2, -0.15) is 0 Å². The molecule has 0 aromatic rings. The van der Waals surface area contributed by atoms with Crippen LogP contribution in [0, 0.1) is 5.92 Å². The lowest BCUT2D eigenvalue weighted by Gasteiger charge is -2.46. The molecule has 0 spiro atoms. The van der Waals surface area contributed by atoms with Gasteiger partial charge in [-0.25, -0.2) is 0 Å². The summed E-state index contributed by atoms with van der Waals surface area (Å²) < 4.78 is 5.74. The predicted octanol–water partition coefficient (Wildman–Crippen LogP) is 2.90. The average Bonchev–Trinajstić information content (AvgIpc) is 2.37. The van der Waals surface area contributed by atoms with E-state index in [1.54, 1.807) is 0 Å². The van der Waals surface area contributed by atoms with Gasteiger partial charge >= 0.3 is 0 Å². The zero-order valence-electron chi connectivity index (χ0n) is 13.7. The smallest absolute Gasteiger partial charge is 0.0593 e. The van der Waals surface area contributed by atoms with Crippen LogP contribution < -0.4 is 5.32 Å². The van der Waals surface area contributed by atoms with Crippen molar-refractivity contribution in [2.75, 3.05) is 32.8 Å². The van der Waals surface area contributed by atoms with Crippen molar-refractivity contribution in [2.45, 2.75) is 65.5 Å². The molecular weight excluding hydrogens is 236 g/mol. The molecule has 2 atom stereocenters. The molecule has 2 unspecified atom stereocenters. The van der Waals surface area contributed by atoms with Crippen molar-refractivity contribution in [3.8, 4) is 0 Å². The van der Waals surface area contributed by atoms with E-state index in [0.717, 1.165) is 38.8 Å². The number of unbranched alkanes of at least 4 members (excludes halogenated alkanes) is 1. The van der Waals surface area contributed by atoms with Crippen LogP contribution in [0.5, 0.6) is 0 Å². The van der Waals surface area contributed by atoms with E-state index in [4.69, 9.17) is 4.74 Å². The van der Waals surface area contributed by atoms with Crippen molar-refractivity contribution in [2.24, 2.45) is 5.92 Å². The Morgan fingerprint density at radius 1 is 1.32 bits per heavy atom. The van der Waals surface area contributed by atoms with E-state index in [9.17, 15) is 0 Å². The zero-order valence-corrected chi connectivity index (χ0v) is 13.7. The third-order valence-corrected chi connectivity index (χ3v) is 4.32. The van der Waals surface area contributed by atoms with E-state index in [-0.39, 0.29) is 5.54 Å². The molecule has 0 radical (unpaired) electrons. The number of ether oxygens (including phenoxy) is 1. The fourth-order valence-corrected chi connectivity index (χ4v) is 2.80. The lowest BCUT2D eigenvalue weighted by atomic mass is 9.91. The first-order valence-electron chi connectivity index (χ1n) is 8.07. The molecule has 1 aliphatic heterocycles. The van der Waals surface area contributed by atoms with Gasteiger partial charge < -0.3 is 10.1 Å². The minimum Gasteiger partial charge on any atom is -0.380 e. The van der Waals surface area contributed by atoms with Gasteiger partial charge in [0.15, 0.2) is 0 Å². The highest BCUT2D eigenvalue weighted by Crippen LogP contribution is 2.21. The normalized spacial score (nSPS) is 25.4. The second kappa shape index (κ2) is 8.23. The summed E-state index contributed by atoms with van der Waals surface area (Å²) in [6.45, 7) is 16.6. The fourth-order valence-electron chi connectivity index (χ4n) is 2.80. The molecular formula is C16H34N2O. The molecule has 0 aromatic heterocycles. The van der Waals surface area contributed by atoms with Gasteiger partial charge in [0.2, 0.25) is 0 Å². The van der Waals surface area contributed by atoms with Crippen LogP contribution in [-0.2, 0) is 4.74 Å². The topological polar surface area (TPSA) is 24.5 Å². The molecule has 19 heavy (non-hydrogen) atoms. The first-order valence-corrected chi connectivity index (χ1v) is 8.07. The maximum atomic E-state index is 5.74. The van der Waals surface area contributed by atoms with Crippen molar-refractivity contribution in [3.05, 3.63) is 0 Å². The summed E-state index contributed by atoms with van der Waals surface area (Å²) in [5.74, 6) is 0.749. The Morgan fingerprint density at radius 2 is 2.05 bits per heavy atom. The van der Waals surface area contributed by atoms with Crippen LogP contribution in [0.4, 0.5) is 0 Å². The zero-order chi connectivity index (χ0) is 14.3. The summed E-state index contributed by atoms with van der Waals surface area (Å²) >= 11 is 0. The Kier molecular flexibility index (Phi) is 7.33. The van der Waals surface area contributed by atoms with Crippen LogP contribution in [0.2, 0.25) is 0 Å². The van der Waals surface area contributed by atoms with Crippen molar-refractivity contribution in [1.29, 1.82) is 0 Å². The van der Waals surface area contributed by atoms with Crippen LogP contribution in [0.3, 0.4) is 0 Å². The summed E-state index contributed by atoms with van der Waals surface area (Å²) in [5, 5.41) is 3.68. The van der Waals surface area contributed by atoms with Crippen LogP contribution >= 0.6 is 0 Å². The van der Waals surface area contributed by atoms with Gasteiger partial charge in [-0.3, -0.25) is 4.90 Å². The highest BCUT2D eigenvalue weighted by Gasteiger charge is 2.34. The predicted molar refractivity (Wildman–Crippen MR) is 82.6 cm³/mol. The quantitative estimate of drug-likeness (QED) is 0.686. The molecule has 0 aliphatic carbocycles. The third-order valence-electron chi connectivity index (χ3n) is 4.32. The monoisotopic (exact) mass is 270 g/mol. The Balaban J connectivity index is 2.42. The van der Waals surface area contributed by atoms with Gasteiger partial charge in [-0.15, -0.1) is 0 Å². The number of nitrogens with one attached hydrogen (secondary N) is 1. The van der Waals surface area contributed by atoms with Crippen molar-refractivity contribution in [1.82, 2.24) is 10.2 Å². The summed E-state index contributed by atoms with van der Waals surface area (Å²) in [6.07, 6.45) is 3.65. The lowest BCUT2D eigenvalue weighted by Crippen LogP contribution is -2.63. The number of hydrogen-bond acceptors (Lipinski definition) is 3. The van der Waals surface area contributed by atoms with E-state index in [1.165, 1.54) is 19.3 Å². The number of piperazine rings is 1. The van der Waals surface area contributed by atoms with Gasteiger partial charge in [-0.05, 0) is 26.2 Å². The summed E-state index contributed by atoms with van der Waals surface area (Å²) in [4.78, 5) is 2.64. The Bertz CT molecular complexity index is 243. The van der Waals surface area contributed by atoms with E-state index in [0.29, 0.717) is 6.04 Å². The van der Waals surface area contributed by atoms with E-state index in [2.05, 4.69) is 44.8 Å². The molecule has 3 nitrogen and oxygen atoms in total. The van der Waals surface area contributed by atoms with Gasteiger partial charge in [0.05, 0.1) is 6.61 Å². The number of rotatable bonds is 8. The van der Waals surface area contributed by atoms with Crippen LogP contribution in [0.1, 0.15) is 53.9 Å². The molecule has 0 saturated carbocycles. The maximum absolute atomic E-state index is 5.74. The molecule has 0 amide bonds. The van der Waals surface area contributed by atoms with Gasteiger partial charge in [0.1, 0.15) is 0 Å². The summed E-state index contributed by atoms with van der Waals surface area (Å²) in [6, 6.07) is 0.660. The Labute approximate surface area is 120 Å². The van der Waals surface area contributed by atoms with Gasteiger partial charge in [-0.1, -0.05) is 33.6 Å². The first kappa shape index (κ1) is 16.9. The van der Waals surface area contributed by atoms with Crippen LogP contribution in [-0.4, -0.2) is 49.3 Å². The lowest BCUT2D eigenvalue weighted by molar-refractivity contribution is 0.0296. The van der Waals surface area contributed by atoms with E-state index >= 15 is 0 Å². The van der Waals surface area contributed by atoms with Gasteiger partial charge in [0.25, 0.3) is 0 Å². The highest BCUT2D eigenvalue weighted by molar-refractivity contribution is 4.93. The minimum atomic E-state index is 0.230. The molecule has 1 N–H and O–H groups in total. The second-order valence-corrected chi connectivity index (χ2v) is 6.65. The Morgan fingerprint density at radius 3 is 2.68 bits per heavy atom. The first-order chi connectivity index (χ1) is 9.00. The molecule has 1 saturated heterocycles. The molecule has 0 bridgehead atoms. The third kappa shape index (κ3) is 5.80. The standard InChI is InChI=1S/C16H34N2O/c1-6-8-10-19-11-9-18-13-16(4,5)17-12-15(18)14(3)7-2/h14-15,17H,6-13H2,1-5H3. The van der Waals surface area contributed by atoms with Crippen molar-refractivity contribution < 1.29 is 4.74 Å². The molecule has 1 aliphatic rings. The van der Waals surface area contributed by atoms with Crippen LogP contribution in [0.15, 0.2) is 0 Å². The van der Waals surface area contributed by atoms with E-state index in [1.807, 2.05) is 0 Å². The number of hydrogen-bond donors (Lipinski definition) is 1. The van der Waals surface area contributed by atoms with Crippen molar-refractivity contribution >= 4 is 0 Å². The van der Waals surface area contributed by atoms with E-state index < -0.39 is 0 Å². The molecule has 1 heterocycles. The fraction of sp³-hybridized carbons (Fsp3) is 1.00. The molecule has 3 heteroatoms. The minimum absolute atomic E-state index is 0.230. The second-order valence-electron chi connectivity index (χ2n) is 6.65. The SMILES string of the molecule is CCCCOCCN1CC(C)(C)NCC1C(C)CC. The van der Waals surface area contributed by atoms with Crippen molar-refractivity contribution in [3.63, 3.8) is 0 Å². The Hall–Kier alpha value is -0.120. The summed E-state index contributed by atoms with van der Waals surface area (Å²) in [5.41, 5.74) is 0.230. The average molecular weight is 270 g/mol. The van der Waals surface area contributed by atoms with Gasteiger partial charge in [0, 0.05) is 37.8 Å². The molecule has 1 rings (SSSR count). The largest absolute Gasteiger partial charge is 0.380 e. The number of nitrogens with zero attached hydrogens (tertiary/aromatic N) is 1. The van der Waals surface area contributed by atoms with Crippen LogP contribution in [0.25, 0.3) is 0 Å². The molecule has 114 valence electrons. The molecule has 0 aromatic carbocycles.